The van der Waals surface area contributed by atoms with Crippen molar-refractivity contribution in [3.8, 4) is 17.0 Å². The third kappa shape index (κ3) is 6.14. The SMILES string of the molecule is CC(=O)c1cccc(C(=O)N2CCC(COc3ccc(-c4ccc(S(C)(=O)=O)cc4)cn3)CC2)c1. The molecule has 0 N–H and O–H groups in total. The number of carbonyl (C=O) groups is 2. The van der Waals surface area contributed by atoms with Gasteiger partial charge in [-0.15, -0.1) is 0 Å². The number of hydrogen-bond acceptors (Lipinski definition) is 6. The molecule has 3 aromatic rings. The molecule has 0 bridgehead atoms. The fourth-order valence-corrected chi connectivity index (χ4v) is 4.72. The predicted molar refractivity (Wildman–Crippen MR) is 133 cm³/mol. The first kappa shape index (κ1) is 24.6. The lowest BCUT2D eigenvalue weighted by atomic mass is 9.97. The first-order valence-electron chi connectivity index (χ1n) is 11.5. The van der Waals surface area contributed by atoms with Gasteiger partial charge in [-0.25, -0.2) is 13.4 Å². The number of aromatic nitrogens is 1. The van der Waals surface area contributed by atoms with Gasteiger partial charge in [0, 0.05) is 48.3 Å². The summed E-state index contributed by atoms with van der Waals surface area (Å²) in [5.41, 5.74) is 2.84. The number of ether oxygens (including phenoxy) is 1. The van der Waals surface area contributed by atoms with Gasteiger partial charge in [-0.1, -0.05) is 24.3 Å². The average Bonchev–Trinajstić information content (AvgIpc) is 2.87. The van der Waals surface area contributed by atoms with E-state index in [2.05, 4.69) is 4.98 Å². The molecule has 0 radical (unpaired) electrons. The summed E-state index contributed by atoms with van der Waals surface area (Å²) in [5.74, 6) is 0.755. The van der Waals surface area contributed by atoms with Crippen molar-refractivity contribution in [1.82, 2.24) is 9.88 Å². The van der Waals surface area contributed by atoms with Crippen LogP contribution in [0.3, 0.4) is 0 Å². The molecule has 0 atom stereocenters. The van der Waals surface area contributed by atoms with Crippen LogP contribution in [0.25, 0.3) is 11.1 Å². The molecule has 1 aliphatic heterocycles. The highest BCUT2D eigenvalue weighted by atomic mass is 32.2. The van der Waals surface area contributed by atoms with E-state index in [-0.39, 0.29) is 16.6 Å². The molecule has 7 nitrogen and oxygen atoms in total. The summed E-state index contributed by atoms with van der Waals surface area (Å²) in [6, 6.07) is 17.3. The molecule has 182 valence electrons. The van der Waals surface area contributed by atoms with Crippen LogP contribution >= 0.6 is 0 Å². The van der Waals surface area contributed by atoms with E-state index < -0.39 is 9.84 Å². The molecular formula is C27H28N2O5S. The molecule has 1 aliphatic rings. The molecule has 0 aliphatic carbocycles. The van der Waals surface area contributed by atoms with Crippen molar-refractivity contribution in [3.05, 3.63) is 78.0 Å². The molecule has 1 saturated heterocycles. The summed E-state index contributed by atoms with van der Waals surface area (Å²) in [6.07, 6.45) is 4.57. The van der Waals surface area contributed by atoms with Crippen molar-refractivity contribution >= 4 is 21.5 Å². The van der Waals surface area contributed by atoms with Gasteiger partial charge in [0.2, 0.25) is 5.88 Å². The lowest BCUT2D eigenvalue weighted by molar-refractivity contribution is 0.0659. The number of carbonyl (C=O) groups excluding carboxylic acids is 2. The van der Waals surface area contributed by atoms with Crippen LogP contribution in [0.4, 0.5) is 0 Å². The second-order valence-electron chi connectivity index (χ2n) is 8.87. The summed E-state index contributed by atoms with van der Waals surface area (Å²) in [5, 5.41) is 0. The minimum absolute atomic E-state index is 0.0470. The maximum Gasteiger partial charge on any atom is 0.253 e. The molecule has 1 aromatic heterocycles. The Bertz CT molecular complexity index is 1310. The van der Waals surface area contributed by atoms with Crippen LogP contribution in [-0.2, 0) is 9.84 Å². The molecule has 4 rings (SSSR count). The van der Waals surface area contributed by atoms with Gasteiger partial charge >= 0.3 is 0 Å². The van der Waals surface area contributed by atoms with Gasteiger partial charge in [0.05, 0.1) is 11.5 Å². The molecule has 0 unspecified atom stereocenters. The molecule has 0 saturated carbocycles. The molecular weight excluding hydrogens is 464 g/mol. The summed E-state index contributed by atoms with van der Waals surface area (Å²) < 4.78 is 29.1. The van der Waals surface area contributed by atoms with Crippen LogP contribution in [-0.4, -0.2) is 55.9 Å². The smallest absolute Gasteiger partial charge is 0.253 e. The van der Waals surface area contributed by atoms with Crippen molar-refractivity contribution in [2.45, 2.75) is 24.7 Å². The zero-order chi connectivity index (χ0) is 25.0. The maximum atomic E-state index is 12.8. The number of piperidine rings is 1. The first-order chi connectivity index (χ1) is 16.7. The quantitative estimate of drug-likeness (QED) is 0.457. The Hall–Kier alpha value is -3.52. The topological polar surface area (TPSA) is 93.6 Å². The van der Waals surface area contributed by atoms with E-state index in [1.54, 1.807) is 60.8 Å². The van der Waals surface area contributed by atoms with Crippen LogP contribution < -0.4 is 4.74 Å². The summed E-state index contributed by atoms with van der Waals surface area (Å²) in [6.45, 7) is 3.31. The Morgan fingerprint density at radius 1 is 0.971 bits per heavy atom. The van der Waals surface area contributed by atoms with E-state index in [1.807, 2.05) is 11.0 Å². The van der Waals surface area contributed by atoms with Gasteiger partial charge in [0.1, 0.15) is 0 Å². The van der Waals surface area contributed by atoms with Crippen LogP contribution in [0.1, 0.15) is 40.5 Å². The van der Waals surface area contributed by atoms with Crippen LogP contribution in [0.2, 0.25) is 0 Å². The highest BCUT2D eigenvalue weighted by molar-refractivity contribution is 7.90. The second-order valence-corrected chi connectivity index (χ2v) is 10.9. The number of sulfone groups is 1. The van der Waals surface area contributed by atoms with E-state index in [0.29, 0.717) is 42.6 Å². The van der Waals surface area contributed by atoms with Crippen molar-refractivity contribution in [3.63, 3.8) is 0 Å². The number of amides is 1. The number of likely N-dealkylation sites (tertiary alicyclic amines) is 1. The van der Waals surface area contributed by atoms with Crippen molar-refractivity contribution in [1.29, 1.82) is 0 Å². The average molecular weight is 493 g/mol. The molecule has 35 heavy (non-hydrogen) atoms. The van der Waals surface area contributed by atoms with Gasteiger partial charge in [-0.05, 0) is 61.6 Å². The van der Waals surface area contributed by atoms with E-state index in [4.69, 9.17) is 4.74 Å². The lowest BCUT2D eigenvalue weighted by Crippen LogP contribution is -2.39. The van der Waals surface area contributed by atoms with Crippen molar-refractivity contribution < 1.29 is 22.7 Å². The summed E-state index contributed by atoms with van der Waals surface area (Å²) in [7, 11) is -3.22. The molecule has 0 spiro atoms. The molecule has 2 aromatic carbocycles. The number of pyridine rings is 1. The van der Waals surface area contributed by atoms with Crippen LogP contribution in [0, 0.1) is 5.92 Å². The van der Waals surface area contributed by atoms with Crippen LogP contribution in [0.5, 0.6) is 5.88 Å². The monoisotopic (exact) mass is 492 g/mol. The van der Waals surface area contributed by atoms with E-state index >= 15 is 0 Å². The molecule has 2 heterocycles. The zero-order valence-corrected chi connectivity index (χ0v) is 20.6. The lowest BCUT2D eigenvalue weighted by Gasteiger charge is -2.32. The highest BCUT2D eigenvalue weighted by Crippen LogP contribution is 2.24. The number of ketones is 1. The van der Waals surface area contributed by atoms with Gasteiger partial charge in [-0.3, -0.25) is 9.59 Å². The van der Waals surface area contributed by atoms with E-state index in [1.165, 1.54) is 13.2 Å². The Morgan fingerprint density at radius 3 is 2.23 bits per heavy atom. The highest BCUT2D eigenvalue weighted by Gasteiger charge is 2.24. The Labute approximate surface area is 205 Å². The molecule has 8 heteroatoms. The normalized spacial score (nSPS) is 14.5. The Morgan fingerprint density at radius 2 is 1.63 bits per heavy atom. The number of Topliss-reactive ketones (excluding diaryl/α,β-unsaturated/α-hetero) is 1. The number of rotatable bonds is 7. The van der Waals surface area contributed by atoms with Crippen molar-refractivity contribution in [2.24, 2.45) is 5.92 Å². The number of benzene rings is 2. The standard InChI is InChI=1S/C27H28N2O5S/c1-19(30)22-4-3-5-23(16-22)27(31)29-14-12-20(13-15-29)18-34-26-11-8-24(17-28-26)21-6-9-25(10-7-21)35(2,32)33/h3-11,16-17,20H,12-15,18H2,1-2H3. The summed E-state index contributed by atoms with van der Waals surface area (Å²) >= 11 is 0. The van der Waals surface area contributed by atoms with Gasteiger partial charge < -0.3 is 9.64 Å². The second kappa shape index (κ2) is 10.4. The first-order valence-corrected chi connectivity index (χ1v) is 13.4. The Balaban J connectivity index is 1.28. The fourth-order valence-electron chi connectivity index (χ4n) is 4.09. The van der Waals surface area contributed by atoms with Crippen LogP contribution in [0.15, 0.2) is 71.8 Å². The van der Waals surface area contributed by atoms with Crippen molar-refractivity contribution in [2.75, 3.05) is 26.0 Å². The third-order valence-corrected chi connectivity index (χ3v) is 7.37. The van der Waals surface area contributed by atoms with E-state index in [0.717, 1.165) is 24.0 Å². The minimum atomic E-state index is -3.22. The Kier molecular flexibility index (Phi) is 7.31. The largest absolute Gasteiger partial charge is 0.477 e. The zero-order valence-electron chi connectivity index (χ0n) is 19.8. The van der Waals surface area contributed by atoms with Gasteiger partial charge in [0.15, 0.2) is 15.6 Å². The maximum absolute atomic E-state index is 12.8. The van der Waals surface area contributed by atoms with Gasteiger partial charge in [-0.2, -0.15) is 0 Å². The molecule has 1 fully saturated rings. The number of hydrogen-bond donors (Lipinski definition) is 0. The third-order valence-electron chi connectivity index (χ3n) is 6.24. The fraction of sp³-hybridized carbons (Fsp3) is 0.296. The molecule has 1 amide bonds. The van der Waals surface area contributed by atoms with Gasteiger partial charge in [0.25, 0.3) is 5.91 Å². The summed E-state index contributed by atoms with van der Waals surface area (Å²) in [4.78, 5) is 30.9. The van der Waals surface area contributed by atoms with E-state index in [9.17, 15) is 18.0 Å². The number of nitrogens with zero attached hydrogens (tertiary/aromatic N) is 2. The predicted octanol–water partition coefficient (Wildman–Crippen LogP) is 4.29. The minimum Gasteiger partial charge on any atom is -0.477 e.